The third-order valence-electron chi connectivity index (χ3n) is 10.2. The molecule has 1 aromatic heterocycles. The van der Waals surface area contributed by atoms with Crippen molar-refractivity contribution < 1.29 is 18.8 Å². The molecule has 260 valence electrons. The van der Waals surface area contributed by atoms with Crippen molar-refractivity contribution in [1.82, 2.24) is 19.8 Å². The Labute approximate surface area is 292 Å². The zero-order valence-corrected chi connectivity index (χ0v) is 28.8. The molecule has 1 aliphatic carbocycles. The number of amides is 1. The summed E-state index contributed by atoms with van der Waals surface area (Å²) in [5.74, 6) is 0.748. The molecule has 11 nitrogen and oxygen atoms in total. The standard InChI is InChI=1S/C36H44ClFN8O3/c1-4-35(47)42-28-18-29(41-33-20-34(40-22-39-33)46-30(12-17-49-46)26-6-5-7-27(37)36(26)38)32(48-3)19-31(28)43-13-10-24(11-14-43)44-15-16-45(23(2)21-44)25-8-9-25/h4-7,18-20,22-25,30H,1,8-17,21H2,2-3H3,(H,42,47)(H,39,40,41). The maximum Gasteiger partial charge on any atom is 0.247 e. The fourth-order valence-corrected chi connectivity index (χ4v) is 7.74. The van der Waals surface area contributed by atoms with Crippen molar-refractivity contribution in [2.24, 2.45) is 0 Å². The summed E-state index contributed by atoms with van der Waals surface area (Å²) in [6.07, 6.45) is 8.06. The van der Waals surface area contributed by atoms with Crippen LogP contribution in [0.2, 0.25) is 5.02 Å². The van der Waals surface area contributed by atoms with Crippen LogP contribution in [-0.2, 0) is 9.63 Å². The lowest BCUT2D eigenvalue weighted by atomic mass is 9.99. The Morgan fingerprint density at radius 1 is 1.06 bits per heavy atom. The average molecular weight is 691 g/mol. The van der Waals surface area contributed by atoms with Crippen LogP contribution in [0.5, 0.6) is 5.75 Å². The maximum atomic E-state index is 15.0. The monoisotopic (exact) mass is 690 g/mol. The molecular weight excluding hydrogens is 647 g/mol. The van der Waals surface area contributed by atoms with Crippen LogP contribution in [0.15, 0.2) is 55.4 Å². The zero-order chi connectivity index (χ0) is 34.1. The van der Waals surface area contributed by atoms with E-state index in [9.17, 15) is 9.18 Å². The molecule has 1 saturated carbocycles. The van der Waals surface area contributed by atoms with Gasteiger partial charge >= 0.3 is 0 Å². The molecule has 13 heteroatoms. The van der Waals surface area contributed by atoms with E-state index in [1.807, 2.05) is 12.1 Å². The van der Waals surface area contributed by atoms with Gasteiger partial charge in [0.1, 0.15) is 23.7 Å². The van der Waals surface area contributed by atoms with Gasteiger partial charge in [-0.3, -0.25) is 19.4 Å². The molecule has 49 heavy (non-hydrogen) atoms. The van der Waals surface area contributed by atoms with Gasteiger partial charge in [-0.1, -0.05) is 30.3 Å². The minimum Gasteiger partial charge on any atom is -0.494 e. The number of anilines is 5. The molecule has 0 bridgehead atoms. The van der Waals surface area contributed by atoms with E-state index in [2.05, 4.69) is 48.8 Å². The van der Waals surface area contributed by atoms with E-state index in [-0.39, 0.29) is 10.9 Å². The van der Waals surface area contributed by atoms with Crippen LogP contribution in [0, 0.1) is 5.82 Å². The van der Waals surface area contributed by atoms with E-state index in [0.29, 0.717) is 59.4 Å². The molecule has 2 aromatic carbocycles. The number of benzene rings is 2. The number of nitrogens with zero attached hydrogens (tertiary/aromatic N) is 6. The number of piperazine rings is 1. The summed E-state index contributed by atoms with van der Waals surface area (Å²) < 4.78 is 20.8. The van der Waals surface area contributed by atoms with Crippen LogP contribution in [0.4, 0.5) is 33.1 Å². The van der Waals surface area contributed by atoms with Gasteiger partial charge < -0.3 is 20.3 Å². The lowest BCUT2D eigenvalue weighted by Gasteiger charge is -2.46. The summed E-state index contributed by atoms with van der Waals surface area (Å²) in [4.78, 5) is 35.1. The molecule has 4 fully saturated rings. The second-order valence-electron chi connectivity index (χ2n) is 13.3. The Morgan fingerprint density at radius 3 is 2.61 bits per heavy atom. The van der Waals surface area contributed by atoms with Gasteiger partial charge in [0.25, 0.3) is 0 Å². The van der Waals surface area contributed by atoms with Crippen LogP contribution in [0.1, 0.15) is 50.6 Å². The molecule has 1 amide bonds. The van der Waals surface area contributed by atoms with Gasteiger partial charge in [-0.2, -0.15) is 0 Å². The van der Waals surface area contributed by atoms with Crippen LogP contribution in [0.3, 0.4) is 0 Å². The smallest absolute Gasteiger partial charge is 0.247 e. The van der Waals surface area contributed by atoms with Crippen molar-refractivity contribution in [2.45, 2.75) is 63.2 Å². The van der Waals surface area contributed by atoms with E-state index >= 15 is 0 Å². The minimum atomic E-state index is -0.471. The molecule has 3 aromatic rings. The number of ether oxygens (including phenoxy) is 1. The summed E-state index contributed by atoms with van der Waals surface area (Å²) in [6, 6.07) is 12.1. The molecular formula is C36H44ClFN8O3. The number of carbonyl (C=O) groups excluding carboxylic acids is 1. The number of aromatic nitrogens is 2. The second kappa shape index (κ2) is 14.5. The first-order chi connectivity index (χ1) is 23.8. The number of methoxy groups -OCH3 is 1. The van der Waals surface area contributed by atoms with Crippen molar-refractivity contribution in [3.63, 3.8) is 0 Å². The number of halogens is 2. The van der Waals surface area contributed by atoms with Gasteiger partial charge in [0.15, 0.2) is 5.82 Å². The Kier molecular flexibility index (Phi) is 9.91. The fraction of sp³-hybridized carbons (Fsp3) is 0.472. The highest BCUT2D eigenvalue weighted by atomic mass is 35.5. The van der Waals surface area contributed by atoms with Crippen molar-refractivity contribution >= 4 is 46.2 Å². The summed E-state index contributed by atoms with van der Waals surface area (Å²) in [6.45, 7) is 11.6. The summed E-state index contributed by atoms with van der Waals surface area (Å²) in [5, 5.41) is 8.00. The topological polar surface area (TPSA) is 98.3 Å². The maximum absolute atomic E-state index is 15.0. The summed E-state index contributed by atoms with van der Waals surface area (Å²) in [5.41, 5.74) is 2.58. The molecule has 4 heterocycles. The molecule has 2 N–H and O–H groups in total. The molecule has 2 atom stereocenters. The average Bonchev–Trinajstić information content (AvgIpc) is 3.84. The van der Waals surface area contributed by atoms with Gasteiger partial charge in [-0.25, -0.2) is 19.4 Å². The van der Waals surface area contributed by atoms with E-state index in [1.54, 1.807) is 30.4 Å². The van der Waals surface area contributed by atoms with Crippen LogP contribution in [0.25, 0.3) is 0 Å². The molecule has 2 unspecified atom stereocenters. The largest absolute Gasteiger partial charge is 0.494 e. The predicted octanol–water partition coefficient (Wildman–Crippen LogP) is 6.17. The lowest BCUT2D eigenvalue weighted by Crippen LogP contribution is -2.57. The van der Waals surface area contributed by atoms with Gasteiger partial charge in [0.05, 0.1) is 41.8 Å². The van der Waals surface area contributed by atoms with E-state index in [4.69, 9.17) is 21.2 Å². The Hall–Kier alpha value is -3.97. The highest BCUT2D eigenvalue weighted by Gasteiger charge is 2.38. The van der Waals surface area contributed by atoms with Gasteiger partial charge in [-0.05, 0) is 50.8 Å². The van der Waals surface area contributed by atoms with Crippen molar-refractivity contribution in [3.05, 3.63) is 71.8 Å². The quantitative estimate of drug-likeness (QED) is 0.241. The Balaban J connectivity index is 1.09. The number of hydroxylamine groups is 1. The minimum absolute atomic E-state index is 0.0606. The Bertz CT molecular complexity index is 1680. The van der Waals surface area contributed by atoms with Crippen LogP contribution >= 0.6 is 11.6 Å². The van der Waals surface area contributed by atoms with Crippen molar-refractivity contribution in [3.8, 4) is 5.75 Å². The number of rotatable bonds is 10. The third-order valence-corrected chi connectivity index (χ3v) is 10.5. The third kappa shape index (κ3) is 7.19. The first-order valence-electron chi connectivity index (χ1n) is 17.2. The highest BCUT2D eigenvalue weighted by molar-refractivity contribution is 6.30. The van der Waals surface area contributed by atoms with Gasteiger partial charge in [0.2, 0.25) is 5.91 Å². The number of hydrogen-bond donors (Lipinski definition) is 2. The second-order valence-corrected chi connectivity index (χ2v) is 13.7. The molecule has 3 aliphatic heterocycles. The first-order valence-corrected chi connectivity index (χ1v) is 17.6. The van der Waals surface area contributed by atoms with Crippen LogP contribution < -0.4 is 25.3 Å². The van der Waals surface area contributed by atoms with E-state index in [1.165, 1.54) is 31.3 Å². The first kappa shape index (κ1) is 33.5. The van der Waals surface area contributed by atoms with E-state index in [0.717, 1.165) is 57.3 Å². The lowest BCUT2D eigenvalue weighted by molar-refractivity contribution is -0.111. The molecule has 0 radical (unpaired) electrons. The number of piperidine rings is 1. The molecule has 3 saturated heterocycles. The van der Waals surface area contributed by atoms with Gasteiger partial charge in [0, 0.05) is 75.0 Å². The van der Waals surface area contributed by atoms with E-state index < -0.39 is 11.9 Å². The molecule has 4 aliphatic rings. The SMILES string of the molecule is C=CC(=O)Nc1cc(Nc2cc(N3OCCC3c3cccc(Cl)c3F)ncn2)c(OC)cc1N1CCC(N2CCN(C3CC3)C(C)C2)CC1. The summed E-state index contributed by atoms with van der Waals surface area (Å²) >= 11 is 6.08. The highest BCUT2D eigenvalue weighted by Crippen LogP contribution is 2.41. The zero-order valence-electron chi connectivity index (χ0n) is 28.1. The fourth-order valence-electron chi connectivity index (χ4n) is 7.56. The van der Waals surface area contributed by atoms with Crippen molar-refractivity contribution in [1.29, 1.82) is 0 Å². The van der Waals surface area contributed by atoms with Crippen molar-refractivity contribution in [2.75, 3.05) is 67.0 Å². The predicted molar refractivity (Wildman–Crippen MR) is 190 cm³/mol. The number of carbonyl (C=O) groups is 1. The normalized spacial score (nSPS) is 22.3. The molecule has 7 rings (SSSR count). The number of nitrogens with one attached hydrogen (secondary N) is 2. The van der Waals surface area contributed by atoms with Crippen LogP contribution in [-0.4, -0.2) is 90.2 Å². The Morgan fingerprint density at radius 2 is 1.88 bits per heavy atom. The molecule has 0 spiro atoms. The number of hydrogen-bond acceptors (Lipinski definition) is 10. The summed E-state index contributed by atoms with van der Waals surface area (Å²) in [7, 11) is 1.62. The van der Waals surface area contributed by atoms with Gasteiger partial charge in [-0.15, -0.1) is 0 Å².